The minimum atomic E-state index is -1.54. The zero-order valence-corrected chi connectivity index (χ0v) is 10.9. The Morgan fingerprint density at radius 2 is 1.72 bits per heavy atom. The first-order valence-corrected chi connectivity index (χ1v) is 6.70. The van der Waals surface area contributed by atoms with Gasteiger partial charge in [0.25, 0.3) is 0 Å². The van der Waals surface area contributed by atoms with E-state index in [4.69, 9.17) is 4.74 Å². The summed E-state index contributed by atoms with van der Waals surface area (Å²) in [5.74, 6) is 0.582. The lowest BCUT2D eigenvalue weighted by molar-refractivity contribution is 0.102. The Labute approximate surface area is 108 Å². The normalized spacial score (nSPS) is 14.2. The summed E-state index contributed by atoms with van der Waals surface area (Å²) in [6, 6.07) is 8.94. The van der Waals surface area contributed by atoms with Crippen LogP contribution in [0.2, 0.25) is 0 Å². The van der Waals surface area contributed by atoms with Gasteiger partial charge < -0.3 is 4.74 Å². The van der Waals surface area contributed by atoms with Gasteiger partial charge in [0.2, 0.25) is 0 Å². The molecule has 0 aromatic heterocycles. The third kappa shape index (κ3) is 5.99. The van der Waals surface area contributed by atoms with E-state index < -0.39 is 12.3 Å². The van der Waals surface area contributed by atoms with Crippen molar-refractivity contribution in [1.29, 1.82) is 0 Å². The number of halogens is 2. The Kier molecular flexibility index (Phi) is 7.38. The van der Waals surface area contributed by atoms with Crippen molar-refractivity contribution in [3.05, 3.63) is 30.3 Å². The molecule has 0 radical (unpaired) electrons. The average Bonchev–Trinajstić information content (AvgIpc) is 2.42. The van der Waals surface area contributed by atoms with Crippen LogP contribution in [0.25, 0.3) is 0 Å². The van der Waals surface area contributed by atoms with Crippen LogP contribution in [0.15, 0.2) is 30.3 Å². The van der Waals surface area contributed by atoms with E-state index in [-0.39, 0.29) is 6.61 Å². The number of rotatable bonds is 9. The number of benzene rings is 1. The summed E-state index contributed by atoms with van der Waals surface area (Å²) in [4.78, 5) is 0. The number of para-hydroxylation sites is 1. The van der Waals surface area contributed by atoms with Crippen LogP contribution < -0.4 is 4.74 Å². The summed E-state index contributed by atoms with van der Waals surface area (Å²) in [6.45, 7) is 1.89. The van der Waals surface area contributed by atoms with E-state index >= 15 is 0 Å². The van der Waals surface area contributed by atoms with E-state index in [1.807, 2.05) is 6.07 Å². The van der Waals surface area contributed by atoms with Crippen molar-refractivity contribution >= 4 is 0 Å². The van der Waals surface area contributed by atoms with Gasteiger partial charge in [0.05, 0.1) is 0 Å². The fraction of sp³-hybridized carbons (Fsp3) is 0.600. The SMILES string of the molecule is CCCCCCC(F)C(F)COc1ccccc1. The smallest absolute Gasteiger partial charge is 0.165 e. The maximum Gasteiger partial charge on any atom is 0.165 e. The first-order chi connectivity index (χ1) is 8.74. The molecule has 0 heterocycles. The van der Waals surface area contributed by atoms with E-state index in [0.29, 0.717) is 12.2 Å². The highest BCUT2D eigenvalue weighted by atomic mass is 19.2. The highest BCUT2D eigenvalue weighted by Crippen LogP contribution is 2.16. The zero-order chi connectivity index (χ0) is 13.2. The molecular weight excluding hydrogens is 234 g/mol. The quantitative estimate of drug-likeness (QED) is 0.581. The molecule has 1 nitrogen and oxygen atoms in total. The Morgan fingerprint density at radius 1 is 1.00 bits per heavy atom. The highest BCUT2D eigenvalue weighted by molar-refractivity contribution is 5.20. The van der Waals surface area contributed by atoms with E-state index in [2.05, 4.69) is 6.92 Å². The molecule has 0 aliphatic carbocycles. The Morgan fingerprint density at radius 3 is 2.39 bits per heavy atom. The van der Waals surface area contributed by atoms with E-state index in [9.17, 15) is 8.78 Å². The summed E-state index contributed by atoms with van der Waals surface area (Å²) < 4.78 is 32.2. The van der Waals surface area contributed by atoms with Crippen LogP contribution in [-0.2, 0) is 0 Å². The van der Waals surface area contributed by atoms with Crippen molar-refractivity contribution in [1.82, 2.24) is 0 Å². The van der Waals surface area contributed by atoms with E-state index in [1.165, 1.54) is 0 Å². The Bertz CT molecular complexity index is 303. The molecule has 0 aliphatic rings. The molecule has 18 heavy (non-hydrogen) atoms. The van der Waals surface area contributed by atoms with Gasteiger partial charge in [-0.25, -0.2) is 8.78 Å². The Hall–Kier alpha value is -1.12. The summed E-state index contributed by atoms with van der Waals surface area (Å²) in [5.41, 5.74) is 0. The summed E-state index contributed by atoms with van der Waals surface area (Å²) >= 11 is 0. The van der Waals surface area contributed by atoms with Crippen LogP contribution in [0.5, 0.6) is 5.75 Å². The van der Waals surface area contributed by atoms with Crippen molar-refractivity contribution in [2.24, 2.45) is 0 Å². The van der Waals surface area contributed by atoms with Gasteiger partial charge in [-0.1, -0.05) is 50.8 Å². The molecule has 0 aliphatic heterocycles. The van der Waals surface area contributed by atoms with Crippen molar-refractivity contribution in [2.45, 2.75) is 51.4 Å². The number of hydrogen-bond acceptors (Lipinski definition) is 1. The van der Waals surface area contributed by atoms with Crippen molar-refractivity contribution < 1.29 is 13.5 Å². The van der Waals surface area contributed by atoms with Crippen LogP contribution in [0, 0.1) is 0 Å². The van der Waals surface area contributed by atoms with Gasteiger partial charge in [-0.15, -0.1) is 0 Å². The van der Waals surface area contributed by atoms with Gasteiger partial charge in [-0.3, -0.25) is 0 Å². The van der Waals surface area contributed by atoms with Crippen LogP contribution in [0.3, 0.4) is 0 Å². The molecule has 0 N–H and O–H groups in total. The van der Waals surface area contributed by atoms with Crippen molar-refractivity contribution in [2.75, 3.05) is 6.61 Å². The summed E-state index contributed by atoms with van der Waals surface area (Å²) in [7, 11) is 0. The van der Waals surface area contributed by atoms with Gasteiger partial charge >= 0.3 is 0 Å². The maximum atomic E-state index is 13.5. The molecule has 0 fully saturated rings. The lowest BCUT2D eigenvalue weighted by atomic mass is 10.1. The molecular formula is C15H22F2O. The topological polar surface area (TPSA) is 9.23 Å². The molecule has 0 amide bonds. The van der Waals surface area contributed by atoms with Gasteiger partial charge in [-0.2, -0.15) is 0 Å². The number of unbranched alkanes of at least 4 members (excludes halogenated alkanes) is 3. The third-order valence-electron chi connectivity index (χ3n) is 2.88. The molecule has 102 valence electrons. The van der Waals surface area contributed by atoms with E-state index in [1.54, 1.807) is 24.3 Å². The van der Waals surface area contributed by atoms with Crippen LogP contribution >= 0.6 is 0 Å². The molecule has 0 saturated heterocycles. The molecule has 1 aromatic rings. The molecule has 3 heteroatoms. The number of ether oxygens (including phenoxy) is 1. The minimum Gasteiger partial charge on any atom is -0.490 e. The second-order valence-electron chi connectivity index (χ2n) is 4.51. The van der Waals surface area contributed by atoms with Gasteiger partial charge in [0.15, 0.2) is 6.17 Å². The zero-order valence-electron chi connectivity index (χ0n) is 10.9. The van der Waals surface area contributed by atoms with Crippen molar-refractivity contribution in [3.8, 4) is 5.75 Å². The Balaban J connectivity index is 2.17. The molecule has 0 saturated carbocycles. The first kappa shape index (κ1) is 14.9. The fourth-order valence-corrected chi connectivity index (χ4v) is 1.74. The predicted molar refractivity (Wildman–Crippen MR) is 70.5 cm³/mol. The molecule has 2 atom stereocenters. The third-order valence-corrected chi connectivity index (χ3v) is 2.88. The number of hydrogen-bond donors (Lipinski definition) is 0. The highest BCUT2D eigenvalue weighted by Gasteiger charge is 2.20. The summed E-state index contributed by atoms with van der Waals surface area (Å²) in [6.07, 6.45) is 1.26. The number of alkyl halides is 2. The lowest BCUT2D eigenvalue weighted by Crippen LogP contribution is -2.24. The van der Waals surface area contributed by atoms with Crippen LogP contribution in [-0.4, -0.2) is 19.0 Å². The molecule has 0 spiro atoms. The van der Waals surface area contributed by atoms with Crippen LogP contribution in [0.1, 0.15) is 39.0 Å². The molecule has 0 bridgehead atoms. The van der Waals surface area contributed by atoms with Gasteiger partial charge in [0, 0.05) is 0 Å². The monoisotopic (exact) mass is 256 g/mol. The maximum absolute atomic E-state index is 13.5. The second-order valence-corrected chi connectivity index (χ2v) is 4.51. The standard InChI is InChI=1S/C15H22F2O/c1-2-3-4-8-11-14(16)15(17)12-18-13-9-6-5-7-10-13/h5-7,9-10,14-15H,2-4,8,11-12H2,1H3. The largest absolute Gasteiger partial charge is 0.490 e. The molecule has 1 aromatic carbocycles. The molecule has 1 rings (SSSR count). The van der Waals surface area contributed by atoms with Gasteiger partial charge in [-0.05, 0) is 18.6 Å². The fourth-order valence-electron chi connectivity index (χ4n) is 1.74. The summed E-state index contributed by atoms with van der Waals surface area (Å²) in [5, 5.41) is 0. The molecule has 2 unspecified atom stereocenters. The minimum absolute atomic E-state index is 0.209. The van der Waals surface area contributed by atoms with Crippen LogP contribution in [0.4, 0.5) is 8.78 Å². The van der Waals surface area contributed by atoms with Crippen molar-refractivity contribution in [3.63, 3.8) is 0 Å². The predicted octanol–water partition coefficient (Wildman–Crippen LogP) is 4.71. The average molecular weight is 256 g/mol. The second kappa shape index (κ2) is 8.90. The lowest BCUT2D eigenvalue weighted by Gasteiger charge is -2.14. The van der Waals surface area contributed by atoms with E-state index in [0.717, 1.165) is 25.7 Å². The van der Waals surface area contributed by atoms with Gasteiger partial charge in [0.1, 0.15) is 18.5 Å². The first-order valence-electron chi connectivity index (χ1n) is 6.70.